The molecule has 31 heavy (non-hydrogen) atoms. The summed E-state index contributed by atoms with van der Waals surface area (Å²) in [5.74, 6) is -1.55. The maximum absolute atomic E-state index is 13.1. The van der Waals surface area contributed by atoms with E-state index in [1.54, 1.807) is 38.2 Å². The topological polar surface area (TPSA) is 128 Å². The second-order valence-electron chi connectivity index (χ2n) is 7.14. The summed E-state index contributed by atoms with van der Waals surface area (Å²) in [5.41, 5.74) is 0.523. The highest BCUT2D eigenvalue weighted by Gasteiger charge is 2.24. The number of esters is 1. The summed E-state index contributed by atoms with van der Waals surface area (Å²) in [6.45, 7) is 3.79. The molecule has 0 radical (unpaired) electrons. The first-order valence-electron chi connectivity index (χ1n) is 9.71. The van der Waals surface area contributed by atoms with Gasteiger partial charge in [0.2, 0.25) is 0 Å². The molecule has 0 fully saturated rings. The van der Waals surface area contributed by atoms with Crippen molar-refractivity contribution in [3.8, 4) is 5.69 Å². The number of ether oxygens (including phenoxy) is 1. The van der Waals surface area contributed by atoms with Gasteiger partial charge in [0, 0.05) is 26.1 Å². The van der Waals surface area contributed by atoms with Crippen LogP contribution in [0.25, 0.3) is 5.69 Å². The van der Waals surface area contributed by atoms with Crippen LogP contribution < -0.4 is 10.5 Å². The third kappa shape index (κ3) is 5.82. The van der Waals surface area contributed by atoms with Crippen molar-refractivity contribution in [1.82, 2.24) is 9.36 Å². The monoisotopic (exact) mass is 453 g/mol. The number of hydrogen-bond donors (Lipinski definition) is 1. The molecule has 10 nitrogen and oxygen atoms in total. The standard InChI is InChI=1S/C20H27N3O7S/c1-5-12-30-18(25)11-10-17(24)15-8-6-7-9-16(15)23-20(26)19(14(2)22(23)4)21(3)13-31(27,28)29/h6-9H,5,10-13H2,1-4H3,(H,27,28,29). The lowest BCUT2D eigenvalue weighted by molar-refractivity contribution is -0.143. The van der Waals surface area contributed by atoms with Crippen molar-refractivity contribution in [2.75, 3.05) is 24.4 Å². The van der Waals surface area contributed by atoms with E-state index in [2.05, 4.69) is 0 Å². The molecule has 0 aliphatic carbocycles. The molecule has 0 unspecified atom stereocenters. The lowest BCUT2D eigenvalue weighted by Crippen LogP contribution is -2.30. The summed E-state index contributed by atoms with van der Waals surface area (Å²) >= 11 is 0. The number of para-hydroxylation sites is 1. The van der Waals surface area contributed by atoms with E-state index in [0.717, 1.165) is 4.90 Å². The summed E-state index contributed by atoms with van der Waals surface area (Å²) < 4.78 is 39.4. The number of carbonyl (C=O) groups is 2. The van der Waals surface area contributed by atoms with Crippen molar-refractivity contribution in [2.45, 2.75) is 33.1 Å². The van der Waals surface area contributed by atoms with Gasteiger partial charge in [0.25, 0.3) is 15.7 Å². The molecular formula is C20H27N3O7S. The van der Waals surface area contributed by atoms with Crippen molar-refractivity contribution in [1.29, 1.82) is 0 Å². The molecule has 0 aliphatic rings. The van der Waals surface area contributed by atoms with Gasteiger partial charge in [-0.05, 0) is 25.5 Å². The minimum Gasteiger partial charge on any atom is -0.466 e. The first kappa shape index (κ1) is 24.4. The molecule has 2 rings (SSSR count). The molecule has 0 saturated heterocycles. The quantitative estimate of drug-likeness (QED) is 0.327. The van der Waals surface area contributed by atoms with E-state index in [1.165, 1.54) is 16.4 Å². The third-order valence-electron chi connectivity index (χ3n) is 4.72. The van der Waals surface area contributed by atoms with Gasteiger partial charge in [-0.15, -0.1) is 0 Å². The Kier molecular flexibility index (Phi) is 7.80. The number of rotatable bonds is 10. The molecule has 0 atom stereocenters. The van der Waals surface area contributed by atoms with Gasteiger partial charge < -0.3 is 9.64 Å². The van der Waals surface area contributed by atoms with Crippen molar-refractivity contribution >= 4 is 27.6 Å². The average Bonchev–Trinajstić information content (AvgIpc) is 2.91. The van der Waals surface area contributed by atoms with Crippen LogP contribution >= 0.6 is 0 Å². The van der Waals surface area contributed by atoms with E-state index in [-0.39, 0.29) is 29.9 Å². The lowest BCUT2D eigenvalue weighted by atomic mass is 10.0. The predicted octanol–water partition coefficient (Wildman–Crippen LogP) is 1.68. The molecule has 0 amide bonds. The number of carbonyl (C=O) groups excluding carboxylic acids is 2. The first-order chi connectivity index (χ1) is 14.5. The average molecular weight is 454 g/mol. The largest absolute Gasteiger partial charge is 0.466 e. The van der Waals surface area contributed by atoms with E-state index in [9.17, 15) is 22.8 Å². The van der Waals surface area contributed by atoms with Gasteiger partial charge in [-0.3, -0.25) is 23.6 Å². The van der Waals surface area contributed by atoms with Crippen LogP contribution in [0.4, 0.5) is 5.69 Å². The number of aromatic nitrogens is 2. The van der Waals surface area contributed by atoms with Crippen molar-refractivity contribution < 1.29 is 27.3 Å². The SMILES string of the molecule is CCCOC(=O)CCC(=O)c1ccccc1-n1c(=O)c(N(C)CS(=O)(=O)O)c(C)n1C. The van der Waals surface area contributed by atoms with Gasteiger partial charge >= 0.3 is 5.97 Å². The van der Waals surface area contributed by atoms with Gasteiger partial charge in [-0.1, -0.05) is 19.1 Å². The Morgan fingerprint density at radius 1 is 1.19 bits per heavy atom. The summed E-state index contributed by atoms with van der Waals surface area (Å²) in [6, 6.07) is 6.47. The summed E-state index contributed by atoms with van der Waals surface area (Å²) in [4.78, 5) is 38.8. The van der Waals surface area contributed by atoms with Crippen LogP contribution in [0.5, 0.6) is 0 Å². The van der Waals surface area contributed by atoms with Crippen LogP contribution in [0.1, 0.15) is 42.2 Å². The molecule has 1 N–H and O–H groups in total. The van der Waals surface area contributed by atoms with Gasteiger partial charge in [0.1, 0.15) is 11.6 Å². The minimum atomic E-state index is -4.35. The van der Waals surface area contributed by atoms with Crippen LogP contribution in [-0.4, -0.2) is 53.6 Å². The molecule has 2 aromatic rings. The molecular weight excluding hydrogens is 426 g/mol. The van der Waals surface area contributed by atoms with Crippen LogP contribution in [0, 0.1) is 6.92 Å². The normalized spacial score (nSPS) is 11.4. The molecule has 1 heterocycles. The number of anilines is 1. The first-order valence-corrected chi connectivity index (χ1v) is 11.3. The highest BCUT2D eigenvalue weighted by atomic mass is 32.2. The second-order valence-corrected chi connectivity index (χ2v) is 8.57. The van der Waals surface area contributed by atoms with Crippen LogP contribution in [0.3, 0.4) is 0 Å². The molecule has 1 aromatic carbocycles. The smallest absolute Gasteiger partial charge is 0.306 e. The van der Waals surface area contributed by atoms with Gasteiger partial charge in [-0.2, -0.15) is 8.42 Å². The maximum Gasteiger partial charge on any atom is 0.306 e. The fourth-order valence-corrected chi connectivity index (χ4v) is 3.87. The fourth-order valence-electron chi connectivity index (χ4n) is 3.25. The molecule has 1 aromatic heterocycles. The predicted molar refractivity (Wildman–Crippen MR) is 115 cm³/mol. The Balaban J connectivity index is 2.43. The van der Waals surface area contributed by atoms with Crippen LogP contribution in [0.15, 0.2) is 29.1 Å². The molecule has 0 bridgehead atoms. The van der Waals surface area contributed by atoms with Gasteiger partial charge in [0.05, 0.1) is 24.4 Å². The number of hydrogen-bond acceptors (Lipinski definition) is 7. The van der Waals surface area contributed by atoms with Crippen LogP contribution in [-0.2, 0) is 26.7 Å². The van der Waals surface area contributed by atoms with E-state index in [4.69, 9.17) is 9.29 Å². The molecule has 0 saturated carbocycles. The molecule has 0 aliphatic heterocycles. The van der Waals surface area contributed by atoms with E-state index in [1.807, 2.05) is 6.92 Å². The summed E-state index contributed by atoms with van der Waals surface area (Å²) in [6.07, 6.45) is 0.538. The van der Waals surface area contributed by atoms with Crippen molar-refractivity contribution in [3.05, 3.63) is 45.9 Å². The third-order valence-corrected chi connectivity index (χ3v) is 5.43. The summed E-state index contributed by atoms with van der Waals surface area (Å²) in [7, 11) is -1.37. The Morgan fingerprint density at radius 2 is 1.84 bits per heavy atom. The number of ketones is 1. The molecule has 170 valence electrons. The maximum atomic E-state index is 13.1. The van der Waals surface area contributed by atoms with E-state index in [0.29, 0.717) is 24.4 Å². The van der Waals surface area contributed by atoms with E-state index >= 15 is 0 Å². The van der Waals surface area contributed by atoms with Crippen molar-refractivity contribution in [2.24, 2.45) is 7.05 Å². The Bertz CT molecular complexity index is 1130. The Morgan fingerprint density at radius 3 is 2.45 bits per heavy atom. The lowest BCUT2D eigenvalue weighted by Gasteiger charge is -2.15. The van der Waals surface area contributed by atoms with Gasteiger partial charge in [-0.25, -0.2) is 4.68 Å². The Hall–Kier alpha value is -2.92. The van der Waals surface area contributed by atoms with E-state index < -0.39 is 27.5 Å². The zero-order valence-electron chi connectivity index (χ0n) is 18.0. The highest BCUT2D eigenvalue weighted by molar-refractivity contribution is 7.85. The number of Topliss-reactive ketones (excluding diaryl/α,β-unsaturated/α-hetero) is 1. The van der Waals surface area contributed by atoms with Gasteiger partial charge in [0.15, 0.2) is 5.78 Å². The Labute approximate surface area is 180 Å². The van der Waals surface area contributed by atoms with Crippen LogP contribution in [0.2, 0.25) is 0 Å². The number of benzene rings is 1. The second kappa shape index (κ2) is 9.92. The zero-order valence-corrected chi connectivity index (χ0v) is 18.8. The number of nitrogens with zero attached hydrogens (tertiary/aromatic N) is 3. The molecule has 11 heteroatoms. The molecule has 0 spiro atoms. The minimum absolute atomic E-state index is 0.0728. The van der Waals surface area contributed by atoms with Crippen molar-refractivity contribution in [3.63, 3.8) is 0 Å². The zero-order chi connectivity index (χ0) is 23.3. The highest BCUT2D eigenvalue weighted by Crippen LogP contribution is 2.21. The fraction of sp³-hybridized carbons (Fsp3) is 0.450. The summed E-state index contributed by atoms with van der Waals surface area (Å²) in [5, 5.41) is 0.